The van der Waals surface area contributed by atoms with Gasteiger partial charge in [0, 0.05) is 0 Å². The molecule has 0 spiro atoms. The molecule has 0 radical (unpaired) electrons. The van der Waals surface area contributed by atoms with Crippen molar-refractivity contribution in [1.29, 1.82) is 0 Å². The standard InChI is InChI=1S/C6H12BrNO/c1-2-3-4-5(7)6(8)9/h5H,2-4H2,1H3,(H2,8,9)/t5-/m1/s1. The first kappa shape index (κ1) is 8.95. The Morgan fingerprint density at radius 2 is 2.33 bits per heavy atom. The highest BCUT2D eigenvalue weighted by Crippen LogP contribution is 2.08. The Morgan fingerprint density at radius 3 is 2.67 bits per heavy atom. The summed E-state index contributed by atoms with van der Waals surface area (Å²) in [5, 5.41) is 0. The molecule has 0 fully saturated rings. The number of carbonyl (C=O) groups excluding carboxylic acids is 1. The van der Waals surface area contributed by atoms with E-state index in [0.717, 1.165) is 19.3 Å². The highest BCUT2D eigenvalue weighted by molar-refractivity contribution is 9.10. The van der Waals surface area contributed by atoms with Crippen LogP contribution in [0.15, 0.2) is 0 Å². The van der Waals surface area contributed by atoms with Crippen LogP contribution in [0.4, 0.5) is 0 Å². The normalized spacial score (nSPS) is 13.1. The maximum atomic E-state index is 10.4. The molecule has 0 rings (SSSR count). The van der Waals surface area contributed by atoms with Crippen LogP contribution in [0.25, 0.3) is 0 Å². The quantitative estimate of drug-likeness (QED) is 0.675. The van der Waals surface area contributed by atoms with Crippen LogP contribution < -0.4 is 5.73 Å². The summed E-state index contributed by atoms with van der Waals surface area (Å²) in [6, 6.07) is 0. The van der Waals surface area contributed by atoms with Gasteiger partial charge in [0.1, 0.15) is 0 Å². The summed E-state index contributed by atoms with van der Waals surface area (Å²) in [6.07, 6.45) is 3.01. The minimum absolute atomic E-state index is 0.127. The van der Waals surface area contributed by atoms with Crippen molar-refractivity contribution >= 4 is 21.8 Å². The van der Waals surface area contributed by atoms with Crippen LogP contribution >= 0.6 is 15.9 Å². The van der Waals surface area contributed by atoms with Crippen LogP contribution in [0.1, 0.15) is 26.2 Å². The van der Waals surface area contributed by atoms with Crippen LogP contribution in [-0.4, -0.2) is 10.7 Å². The van der Waals surface area contributed by atoms with E-state index in [1.807, 2.05) is 0 Å². The smallest absolute Gasteiger partial charge is 0.231 e. The lowest BCUT2D eigenvalue weighted by Crippen LogP contribution is -2.22. The average molecular weight is 194 g/mol. The predicted molar refractivity (Wildman–Crippen MR) is 41.4 cm³/mol. The van der Waals surface area contributed by atoms with E-state index in [4.69, 9.17) is 5.73 Å². The second kappa shape index (κ2) is 4.79. The molecule has 0 bridgehead atoms. The van der Waals surface area contributed by atoms with E-state index >= 15 is 0 Å². The van der Waals surface area contributed by atoms with Gasteiger partial charge in [0.15, 0.2) is 0 Å². The van der Waals surface area contributed by atoms with E-state index in [0.29, 0.717) is 0 Å². The van der Waals surface area contributed by atoms with Crippen LogP contribution in [-0.2, 0) is 4.79 Å². The summed E-state index contributed by atoms with van der Waals surface area (Å²) in [7, 11) is 0. The molecule has 9 heavy (non-hydrogen) atoms. The van der Waals surface area contributed by atoms with Gasteiger partial charge in [0.25, 0.3) is 0 Å². The lowest BCUT2D eigenvalue weighted by Gasteiger charge is -2.01. The molecule has 1 atom stereocenters. The molecule has 0 aliphatic heterocycles. The monoisotopic (exact) mass is 193 g/mol. The summed E-state index contributed by atoms with van der Waals surface area (Å²) in [6.45, 7) is 2.08. The molecule has 0 unspecified atom stereocenters. The number of alkyl halides is 1. The van der Waals surface area contributed by atoms with Crippen molar-refractivity contribution in [1.82, 2.24) is 0 Å². The molecule has 0 aromatic heterocycles. The van der Waals surface area contributed by atoms with Gasteiger partial charge in [-0.3, -0.25) is 4.79 Å². The lowest BCUT2D eigenvalue weighted by molar-refractivity contribution is -0.117. The van der Waals surface area contributed by atoms with Crippen LogP contribution in [0, 0.1) is 0 Å². The molecule has 0 heterocycles. The summed E-state index contributed by atoms with van der Waals surface area (Å²) in [5.41, 5.74) is 4.99. The number of nitrogens with two attached hydrogens (primary N) is 1. The topological polar surface area (TPSA) is 43.1 Å². The number of primary amides is 1. The van der Waals surface area contributed by atoms with Crippen molar-refractivity contribution in [3.63, 3.8) is 0 Å². The van der Waals surface area contributed by atoms with Crippen molar-refractivity contribution in [3.8, 4) is 0 Å². The molecule has 1 amide bonds. The molecular weight excluding hydrogens is 182 g/mol. The fourth-order valence-electron chi connectivity index (χ4n) is 0.526. The molecule has 54 valence electrons. The Bertz CT molecular complexity index is 95.1. The number of halogens is 1. The third kappa shape index (κ3) is 4.45. The van der Waals surface area contributed by atoms with Gasteiger partial charge in [-0.2, -0.15) is 0 Å². The summed E-state index contributed by atoms with van der Waals surface area (Å²) < 4.78 is 0. The fourth-order valence-corrected chi connectivity index (χ4v) is 0.849. The fraction of sp³-hybridized carbons (Fsp3) is 0.833. The maximum Gasteiger partial charge on any atom is 0.231 e. The molecule has 2 N–H and O–H groups in total. The lowest BCUT2D eigenvalue weighted by atomic mass is 10.2. The molecule has 3 heteroatoms. The maximum absolute atomic E-state index is 10.4. The Morgan fingerprint density at radius 1 is 1.78 bits per heavy atom. The highest BCUT2D eigenvalue weighted by atomic mass is 79.9. The molecule has 2 nitrogen and oxygen atoms in total. The second-order valence-corrected chi connectivity index (χ2v) is 3.12. The van der Waals surface area contributed by atoms with Crippen molar-refractivity contribution in [3.05, 3.63) is 0 Å². The number of hydrogen-bond acceptors (Lipinski definition) is 1. The van der Waals surface area contributed by atoms with Gasteiger partial charge in [-0.05, 0) is 6.42 Å². The Labute approximate surface area is 63.9 Å². The van der Waals surface area contributed by atoms with Gasteiger partial charge in [0.05, 0.1) is 4.83 Å². The van der Waals surface area contributed by atoms with Crippen molar-refractivity contribution in [2.24, 2.45) is 5.73 Å². The van der Waals surface area contributed by atoms with Crippen LogP contribution in [0.3, 0.4) is 0 Å². The Hall–Kier alpha value is -0.0500. The molecule has 0 aromatic carbocycles. The van der Waals surface area contributed by atoms with E-state index in [9.17, 15) is 4.79 Å². The largest absolute Gasteiger partial charge is 0.369 e. The van der Waals surface area contributed by atoms with Crippen molar-refractivity contribution in [2.75, 3.05) is 0 Å². The first-order valence-corrected chi connectivity index (χ1v) is 4.03. The number of unbranched alkanes of at least 4 members (excludes halogenated alkanes) is 1. The van der Waals surface area contributed by atoms with Crippen molar-refractivity contribution < 1.29 is 4.79 Å². The number of rotatable bonds is 4. The van der Waals surface area contributed by atoms with E-state index in [1.54, 1.807) is 0 Å². The molecule has 0 saturated heterocycles. The Balaban J connectivity index is 3.27. The van der Waals surface area contributed by atoms with E-state index in [1.165, 1.54) is 0 Å². The van der Waals surface area contributed by atoms with Gasteiger partial charge in [0.2, 0.25) is 5.91 Å². The molecule has 0 aliphatic rings. The second-order valence-electron chi connectivity index (χ2n) is 2.01. The van der Waals surface area contributed by atoms with E-state index in [2.05, 4.69) is 22.9 Å². The average Bonchev–Trinajstić information content (AvgIpc) is 1.82. The molecular formula is C6H12BrNO. The number of carbonyl (C=O) groups is 1. The molecule has 0 aliphatic carbocycles. The summed E-state index contributed by atoms with van der Waals surface area (Å²) >= 11 is 3.17. The SMILES string of the molecule is CCCC[C@@H](Br)C(N)=O. The van der Waals surface area contributed by atoms with Gasteiger partial charge >= 0.3 is 0 Å². The Kier molecular flexibility index (Phi) is 4.77. The minimum Gasteiger partial charge on any atom is -0.369 e. The summed E-state index contributed by atoms with van der Waals surface area (Å²) in [4.78, 5) is 10.3. The zero-order valence-electron chi connectivity index (χ0n) is 5.56. The van der Waals surface area contributed by atoms with Gasteiger partial charge in [-0.15, -0.1) is 0 Å². The predicted octanol–water partition coefficient (Wildman–Crippen LogP) is 1.43. The third-order valence-electron chi connectivity index (χ3n) is 1.12. The number of hydrogen-bond donors (Lipinski definition) is 1. The zero-order valence-corrected chi connectivity index (χ0v) is 7.15. The molecule has 0 saturated carbocycles. The molecule has 0 aromatic rings. The minimum atomic E-state index is -0.261. The van der Waals surface area contributed by atoms with E-state index in [-0.39, 0.29) is 10.7 Å². The van der Waals surface area contributed by atoms with Gasteiger partial charge in [-0.25, -0.2) is 0 Å². The zero-order chi connectivity index (χ0) is 7.28. The number of amides is 1. The first-order chi connectivity index (χ1) is 4.18. The summed E-state index contributed by atoms with van der Waals surface area (Å²) in [5.74, 6) is -0.261. The van der Waals surface area contributed by atoms with Gasteiger partial charge < -0.3 is 5.73 Å². The van der Waals surface area contributed by atoms with Crippen LogP contribution in [0.5, 0.6) is 0 Å². The first-order valence-electron chi connectivity index (χ1n) is 3.12. The highest BCUT2D eigenvalue weighted by Gasteiger charge is 2.08. The third-order valence-corrected chi connectivity index (χ3v) is 2.03. The van der Waals surface area contributed by atoms with Gasteiger partial charge in [-0.1, -0.05) is 35.7 Å². The van der Waals surface area contributed by atoms with Crippen molar-refractivity contribution in [2.45, 2.75) is 31.0 Å². The van der Waals surface area contributed by atoms with E-state index < -0.39 is 0 Å². The van der Waals surface area contributed by atoms with Crippen LogP contribution in [0.2, 0.25) is 0 Å².